The minimum Gasteiger partial charge on any atom is -0.497 e. The third-order valence-electron chi connectivity index (χ3n) is 6.04. The number of hydrogen-bond donors (Lipinski definition) is 1. The highest BCUT2D eigenvalue weighted by Crippen LogP contribution is 2.48. The lowest BCUT2D eigenvalue weighted by Crippen LogP contribution is -2.42. The number of urea groups is 1. The fraction of sp³-hybridized carbons (Fsp3) is 0.632. The van der Waals surface area contributed by atoms with Crippen LogP contribution in [0.15, 0.2) is 24.3 Å². The molecule has 2 amide bonds. The Balaban J connectivity index is 1.33. The zero-order chi connectivity index (χ0) is 16.6. The Kier molecular flexibility index (Phi) is 3.91. The number of rotatable bonds is 4. The molecular formula is C19H26N2O3. The highest BCUT2D eigenvalue weighted by Gasteiger charge is 2.46. The van der Waals surface area contributed by atoms with Gasteiger partial charge in [-0.3, -0.25) is 0 Å². The summed E-state index contributed by atoms with van der Waals surface area (Å²) < 4.78 is 10.8. The first-order valence-electron chi connectivity index (χ1n) is 8.90. The van der Waals surface area contributed by atoms with E-state index in [1.807, 2.05) is 17.0 Å². The number of hydrogen-bond acceptors (Lipinski definition) is 3. The number of ether oxygens (including phenoxy) is 2. The fourth-order valence-corrected chi connectivity index (χ4v) is 4.10. The second kappa shape index (κ2) is 5.96. The molecule has 4 rings (SSSR count). The largest absolute Gasteiger partial charge is 0.497 e. The summed E-state index contributed by atoms with van der Waals surface area (Å²) >= 11 is 0. The predicted molar refractivity (Wildman–Crippen MR) is 91.4 cm³/mol. The number of likely N-dealkylation sites (tertiary alicyclic amines) is 1. The summed E-state index contributed by atoms with van der Waals surface area (Å²) in [6.45, 7) is 4.07. The van der Waals surface area contributed by atoms with Crippen LogP contribution in [0.4, 0.5) is 4.79 Å². The van der Waals surface area contributed by atoms with Gasteiger partial charge in [0.05, 0.1) is 13.7 Å². The molecule has 24 heavy (non-hydrogen) atoms. The van der Waals surface area contributed by atoms with Crippen LogP contribution in [0, 0.1) is 5.41 Å². The maximum absolute atomic E-state index is 12.5. The monoisotopic (exact) mass is 330 g/mol. The van der Waals surface area contributed by atoms with Crippen LogP contribution in [0.25, 0.3) is 0 Å². The van der Waals surface area contributed by atoms with E-state index in [9.17, 15) is 4.79 Å². The van der Waals surface area contributed by atoms with Crippen LogP contribution in [-0.2, 0) is 10.2 Å². The molecule has 5 nitrogen and oxygen atoms in total. The molecule has 1 aliphatic carbocycles. The Bertz CT molecular complexity index is 604. The summed E-state index contributed by atoms with van der Waals surface area (Å²) in [5.41, 5.74) is 1.64. The number of benzene rings is 1. The first-order valence-corrected chi connectivity index (χ1v) is 8.90. The van der Waals surface area contributed by atoms with Crippen molar-refractivity contribution in [2.24, 2.45) is 5.41 Å². The van der Waals surface area contributed by atoms with Gasteiger partial charge in [-0.2, -0.15) is 0 Å². The maximum atomic E-state index is 12.5. The van der Waals surface area contributed by atoms with Crippen LogP contribution < -0.4 is 10.1 Å². The number of nitrogens with zero attached hydrogens (tertiary/aromatic N) is 1. The third kappa shape index (κ3) is 2.86. The van der Waals surface area contributed by atoms with Gasteiger partial charge in [-0.25, -0.2) is 4.79 Å². The summed E-state index contributed by atoms with van der Waals surface area (Å²) in [6.07, 6.45) is 4.44. The van der Waals surface area contributed by atoms with Crippen LogP contribution in [0.2, 0.25) is 0 Å². The van der Waals surface area contributed by atoms with Crippen molar-refractivity contribution in [2.45, 2.75) is 31.1 Å². The summed E-state index contributed by atoms with van der Waals surface area (Å²) in [5, 5.41) is 3.18. The summed E-state index contributed by atoms with van der Waals surface area (Å²) in [7, 11) is 1.68. The smallest absolute Gasteiger partial charge is 0.317 e. The number of carbonyl (C=O) groups is 1. The molecule has 0 aromatic heterocycles. The zero-order valence-corrected chi connectivity index (χ0v) is 14.3. The lowest BCUT2D eigenvalue weighted by Gasteiger charge is -2.24. The van der Waals surface area contributed by atoms with E-state index in [0.29, 0.717) is 0 Å². The number of nitrogens with one attached hydrogen (secondary N) is 1. The van der Waals surface area contributed by atoms with Crippen molar-refractivity contribution in [3.8, 4) is 5.75 Å². The molecule has 2 heterocycles. The number of carbonyl (C=O) groups excluding carboxylic acids is 1. The average molecular weight is 330 g/mol. The van der Waals surface area contributed by atoms with Gasteiger partial charge in [-0.05, 0) is 43.4 Å². The molecule has 1 aromatic rings. The van der Waals surface area contributed by atoms with Gasteiger partial charge >= 0.3 is 6.03 Å². The Morgan fingerprint density at radius 2 is 2.04 bits per heavy atom. The summed E-state index contributed by atoms with van der Waals surface area (Å²) in [4.78, 5) is 14.5. The first kappa shape index (κ1) is 15.8. The van der Waals surface area contributed by atoms with Crippen LogP contribution in [0.5, 0.6) is 5.75 Å². The standard InChI is InChI=1S/C19H26N2O3/c1-23-16-4-2-15(3-5-16)19(6-7-19)12-20-17(22)21-10-8-18(13-21)9-11-24-14-18/h2-5H,6-14H2,1H3,(H,20,22)/t18-/m1/s1. The number of methoxy groups -OCH3 is 1. The van der Waals surface area contributed by atoms with Gasteiger partial charge in [-0.15, -0.1) is 0 Å². The van der Waals surface area contributed by atoms with E-state index in [4.69, 9.17) is 9.47 Å². The minimum absolute atomic E-state index is 0.0820. The third-order valence-corrected chi connectivity index (χ3v) is 6.04. The minimum atomic E-state index is 0.0820. The van der Waals surface area contributed by atoms with Crippen molar-refractivity contribution in [2.75, 3.05) is 40.0 Å². The SMILES string of the molecule is COc1ccc(C2(CNC(=O)N3CC[C@@]4(CCOC4)C3)CC2)cc1. The van der Waals surface area contributed by atoms with Crippen molar-refractivity contribution < 1.29 is 14.3 Å². The van der Waals surface area contributed by atoms with E-state index in [0.717, 1.165) is 64.3 Å². The molecule has 0 radical (unpaired) electrons. The van der Waals surface area contributed by atoms with Crippen LogP contribution >= 0.6 is 0 Å². The molecule has 2 aliphatic heterocycles. The quantitative estimate of drug-likeness (QED) is 0.923. The molecule has 0 unspecified atom stereocenters. The number of amides is 2. The molecule has 130 valence electrons. The predicted octanol–water partition coefficient (Wildman–Crippen LogP) is 2.55. The average Bonchev–Trinajstić information content (AvgIpc) is 3.08. The van der Waals surface area contributed by atoms with E-state index in [-0.39, 0.29) is 16.9 Å². The second-order valence-electron chi connectivity index (χ2n) is 7.64. The highest BCUT2D eigenvalue weighted by atomic mass is 16.5. The Labute approximate surface area is 143 Å². The molecule has 1 N–H and O–H groups in total. The van der Waals surface area contributed by atoms with Gasteiger partial charge in [0.2, 0.25) is 0 Å². The van der Waals surface area contributed by atoms with Crippen molar-refractivity contribution in [3.63, 3.8) is 0 Å². The summed E-state index contributed by atoms with van der Waals surface area (Å²) in [6, 6.07) is 8.33. The lowest BCUT2D eigenvalue weighted by molar-refractivity contribution is 0.152. The molecule has 1 saturated carbocycles. The molecule has 1 spiro atoms. The van der Waals surface area contributed by atoms with Gasteiger partial charge in [0, 0.05) is 37.1 Å². The van der Waals surface area contributed by atoms with Crippen LogP contribution in [0.1, 0.15) is 31.2 Å². The summed E-state index contributed by atoms with van der Waals surface area (Å²) in [5.74, 6) is 0.875. The second-order valence-corrected chi connectivity index (χ2v) is 7.64. The topological polar surface area (TPSA) is 50.8 Å². The van der Waals surface area contributed by atoms with E-state index in [1.54, 1.807) is 7.11 Å². The Morgan fingerprint density at radius 3 is 2.67 bits per heavy atom. The Hall–Kier alpha value is -1.75. The van der Waals surface area contributed by atoms with E-state index < -0.39 is 0 Å². The van der Waals surface area contributed by atoms with E-state index in [1.165, 1.54) is 5.56 Å². The van der Waals surface area contributed by atoms with Crippen LogP contribution in [-0.4, -0.2) is 50.9 Å². The molecule has 2 saturated heterocycles. The van der Waals surface area contributed by atoms with Gasteiger partial charge in [0.1, 0.15) is 5.75 Å². The molecule has 5 heteroatoms. The van der Waals surface area contributed by atoms with Crippen molar-refractivity contribution in [1.82, 2.24) is 10.2 Å². The molecule has 3 fully saturated rings. The van der Waals surface area contributed by atoms with Gasteiger partial charge in [-0.1, -0.05) is 12.1 Å². The molecular weight excluding hydrogens is 304 g/mol. The molecule has 1 atom stereocenters. The lowest BCUT2D eigenvalue weighted by atomic mass is 9.87. The normalized spacial score (nSPS) is 27.5. The van der Waals surface area contributed by atoms with Gasteiger partial charge < -0.3 is 19.7 Å². The molecule has 0 bridgehead atoms. The van der Waals surface area contributed by atoms with Crippen molar-refractivity contribution in [3.05, 3.63) is 29.8 Å². The van der Waals surface area contributed by atoms with Gasteiger partial charge in [0.25, 0.3) is 0 Å². The highest BCUT2D eigenvalue weighted by molar-refractivity contribution is 5.75. The van der Waals surface area contributed by atoms with Crippen molar-refractivity contribution >= 4 is 6.03 Å². The van der Waals surface area contributed by atoms with E-state index in [2.05, 4.69) is 17.4 Å². The van der Waals surface area contributed by atoms with Crippen LogP contribution in [0.3, 0.4) is 0 Å². The zero-order valence-electron chi connectivity index (χ0n) is 14.3. The fourth-order valence-electron chi connectivity index (χ4n) is 4.10. The molecule has 1 aromatic carbocycles. The first-order chi connectivity index (χ1) is 11.6. The molecule has 3 aliphatic rings. The maximum Gasteiger partial charge on any atom is 0.317 e. The van der Waals surface area contributed by atoms with E-state index >= 15 is 0 Å². The Morgan fingerprint density at radius 1 is 1.25 bits per heavy atom. The van der Waals surface area contributed by atoms with Crippen molar-refractivity contribution in [1.29, 1.82) is 0 Å². The van der Waals surface area contributed by atoms with Gasteiger partial charge in [0.15, 0.2) is 0 Å².